The van der Waals surface area contributed by atoms with E-state index in [0.29, 0.717) is 23.5 Å². The molecule has 0 amide bonds. The van der Waals surface area contributed by atoms with Gasteiger partial charge in [-0.05, 0) is 24.6 Å². The third-order valence-electron chi connectivity index (χ3n) is 7.61. The zero-order valence-corrected chi connectivity index (χ0v) is 22.2. The van der Waals surface area contributed by atoms with Gasteiger partial charge in [-0.2, -0.15) is 0 Å². The van der Waals surface area contributed by atoms with Crippen LogP contribution in [-0.4, -0.2) is 48.5 Å². The molecule has 3 aromatic carbocycles. The first kappa shape index (κ1) is 26.1. The lowest BCUT2D eigenvalue weighted by atomic mass is 9.82. The fourth-order valence-corrected chi connectivity index (χ4v) is 5.55. The Morgan fingerprint density at radius 1 is 0.917 bits per heavy atom. The third-order valence-corrected chi connectivity index (χ3v) is 7.61. The van der Waals surface area contributed by atoms with Crippen LogP contribution in [0.2, 0.25) is 0 Å². The average molecular weight is 550 g/mol. The number of benzene rings is 3. The Kier molecular flexibility index (Phi) is 8.27. The topological polar surface area (TPSA) is 55.4 Å². The van der Waals surface area contributed by atoms with Gasteiger partial charge in [0, 0.05) is 30.0 Å². The Morgan fingerprint density at radius 2 is 1.53 bits per heavy atom. The normalized spacial score (nSPS) is 23.2. The molecule has 3 aromatic rings. The number of carbonyl (C=O) groups is 2. The van der Waals surface area contributed by atoms with E-state index in [1.807, 2.05) is 91.9 Å². The van der Waals surface area contributed by atoms with Crippen molar-refractivity contribution in [2.24, 2.45) is 5.92 Å². The van der Waals surface area contributed by atoms with Crippen LogP contribution in [0.4, 0.5) is 5.69 Å². The predicted octanol–water partition coefficient (Wildman–Crippen LogP) is 2.19. The highest BCUT2D eigenvalue weighted by Crippen LogP contribution is 2.36. The first-order valence-corrected chi connectivity index (χ1v) is 12.5. The van der Waals surface area contributed by atoms with Crippen LogP contribution in [0.3, 0.4) is 0 Å². The molecule has 188 valence electrons. The highest BCUT2D eigenvalue weighted by molar-refractivity contribution is 5.97. The van der Waals surface area contributed by atoms with Crippen molar-refractivity contribution in [1.82, 2.24) is 0 Å². The number of fused-ring (bicyclic) bond motifs is 3. The van der Waals surface area contributed by atoms with Crippen LogP contribution in [-0.2, 0) is 9.53 Å². The van der Waals surface area contributed by atoms with E-state index in [0.717, 1.165) is 48.3 Å². The lowest BCUT2D eigenvalue weighted by Crippen LogP contribution is -3.00. The number of ether oxygens (including phenoxy) is 1. The zero-order chi connectivity index (χ0) is 24.3. The maximum absolute atomic E-state index is 13.5. The fraction of sp³-hybridized carbons (Fsp3) is 0.333. The molecule has 3 saturated heterocycles. The van der Waals surface area contributed by atoms with Gasteiger partial charge in [-0.15, -0.1) is 0 Å². The minimum atomic E-state index is -0.586. The third kappa shape index (κ3) is 5.88. The molecule has 3 heterocycles. The highest BCUT2D eigenvalue weighted by atomic mass is 79.9. The Labute approximate surface area is 223 Å². The Morgan fingerprint density at radius 3 is 2.17 bits per heavy atom. The SMILES string of the molecule is Cc1ccc(C(=O)C[N+]23CCC(CC2)[C@@H](OC(=O)[C@H](Nc2ccccc2)c2ccccc2)C3)cc1.[Br-]. The number of Topliss-reactive ketones (excluding diaryl/α,β-unsaturated/α-hetero) is 1. The number of nitrogens with zero attached hydrogens (tertiary/aromatic N) is 1. The molecule has 36 heavy (non-hydrogen) atoms. The second-order valence-corrected chi connectivity index (χ2v) is 10.1. The molecule has 6 rings (SSSR count). The summed E-state index contributed by atoms with van der Waals surface area (Å²) in [5.41, 5.74) is 3.66. The van der Waals surface area contributed by atoms with Crippen LogP contribution in [0.15, 0.2) is 84.9 Å². The molecule has 0 saturated carbocycles. The smallest absolute Gasteiger partial charge is 0.333 e. The molecule has 3 aliphatic rings. The maximum atomic E-state index is 13.5. The van der Waals surface area contributed by atoms with Crippen molar-refractivity contribution in [3.63, 3.8) is 0 Å². The van der Waals surface area contributed by atoms with Gasteiger partial charge in [0.2, 0.25) is 5.78 Å². The summed E-state index contributed by atoms with van der Waals surface area (Å²) in [6.45, 7) is 5.15. The van der Waals surface area contributed by atoms with Crippen molar-refractivity contribution >= 4 is 17.4 Å². The summed E-state index contributed by atoms with van der Waals surface area (Å²) < 4.78 is 6.93. The summed E-state index contributed by atoms with van der Waals surface area (Å²) in [7, 11) is 0. The molecule has 0 spiro atoms. The summed E-state index contributed by atoms with van der Waals surface area (Å²) >= 11 is 0. The van der Waals surface area contributed by atoms with E-state index in [1.165, 1.54) is 0 Å². The summed E-state index contributed by atoms with van der Waals surface area (Å²) in [4.78, 5) is 26.6. The predicted molar refractivity (Wildman–Crippen MR) is 137 cm³/mol. The van der Waals surface area contributed by atoms with Crippen LogP contribution in [0, 0.1) is 12.8 Å². The molecular weight excluding hydrogens is 516 g/mol. The Hall–Kier alpha value is -2.96. The Balaban J connectivity index is 0.00000304. The molecule has 0 aromatic heterocycles. The van der Waals surface area contributed by atoms with Crippen LogP contribution >= 0.6 is 0 Å². The quantitative estimate of drug-likeness (QED) is 0.266. The molecule has 0 radical (unpaired) electrons. The van der Waals surface area contributed by atoms with Crippen molar-refractivity contribution < 1.29 is 35.8 Å². The van der Waals surface area contributed by atoms with Crippen LogP contribution in [0.25, 0.3) is 0 Å². The van der Waals surface area contributed by atoms with Crippen LogP contribution < -0.4 is 22.3 Å². The summed E-state index contributed by atoms with van der Waals surface area (Å²) in [5.74, 6) is 0.270. The Bertz CT molecular complexity index is 1160. The number of nitrogens with one attached hydrogen (secondary N) is 1. The first-order valence-electron chi connectivity index (χ1n) is 12.5. The second-order valence-electron chi connectivity index (χ2n) is 10.1. The minimum Gasteiger partial charge on any atom is -1.00 e. The molecule has 2 bridgehead atoms. The van der Waals surface area contributed by atoms with Gasteiger partial charge in [-0.25, -0.2) is 4.79 Å². The number of para-hydroxylation sites is 1. The van der Waals surface area contributed by atoms with E-state index in [2.05, 4.69) is 5.32 Å². The van der Waals surface area contributed by atoms with Gasteiger partial charge in [-0.1, -0.05) is 78.4 Å². The number of halogens is 1. The van der Waals surface area contributed by atoms with E-state index in [9.17, 15) is 9.59 Å². The standard InChI is InChI=1S/C30H33N2O3.BrH/c1-22-12-14-23(15-13-22)27(33)20-32-18-16-24(17-19-32)28(21-32)35-30(34)29(25-8-4-2-5-9-25)31-26-10-6-3-7-11-26;/h2-15,24,28-29,31H,16-21H2,1H3;1H/q+1;/p-1/t24?,28-,29+,32?;/m0./s1. The highest BCUT2D eigenvalue weighted by Gasteiger charge is 2.49. The van der Waals surface area contributed by atoms with Gasteiger partial charge in [-0.3, -0.25) is 4.79 Å². The molecule has 5 nitrogen and oxygen atoms in total. The van der Waals surface area contributed by atoms with E-state index < -0.39 is 6.04 Å². The summed E-state index contributed by atoms with van der Waals surface area (Å²) in [6, 6.07) is 26.7. The van der Waals surface area contributed by atoms with Gasteiger partial charge in [0.05, 0.1) is 13.1 Å². The molecule has 0 aliphatic carbocycles. The number of rotatable bonds is 8. The fourth-order valence-electron chi connectivity index (χ4n) is 5.55. The van der Waals surface area contributed by atoms with Crippen molar-refractivity contribution in [2.45, 2.75) is 31.9 Å². The molecule has 3 fully saturated rings. The molecule has 6 heteroatoms. The number of quaternary nitrogens is 1. The summed E-state index contributed by atoms with van der Waals surface area (Å²) in [6.07, 6.45) is 1.81. The molecule has 3 aliphatic heterocycles. The second kappa shape index (κ2) is 11.4. The molecule has 1 N–H and O–H groups in total. The molecular formula is C30H33BrN2O3. The van der Waals surface area contributed by atoms with Gasteiger partial charge >= 0.3 is 5.97 Å². The van der Waals surface area contributed by atoms with Crippen LogP contribution in [0.1, 0.15) is 40.4 Å². The number of hydrogen-bond acceptors (Lipinski definition) is 4. The first-order chi connectivity index (χ1) is 17.0. The average Bonchev–Trinajstić information content (AvgIpc) is 2.89. The molecule has 0 unspecified atom stereocenters. The van der Waals surface area contributed by atoms with E-state index in [-0.39, 0.29) is 34.8 Å². The number of aryl methyl sites for hydroxylation is 1. The number of ketones is 1. The number of hydrogen-bond donors (Lipinski definition) is 1. The van der Waals surface area contributed by atoms with E-state index in [4.69, 9.17) is 4.74 Å². The number of anilines is 1. The lowest BCUT2D eigenvalue weighted by molar-refractivity contribution is -0.938. The summed E-state index contributed by atoms with van der Waals surface area (Å²) in [5, 5.41) is 3.36. The van der Waals surface area contributed by atoms with Crippen molar-refractivity contribution in [3.05, 3.63) is 102 Å². The van der Waals surface area contributed by atoms with Crippen molar-refractivity contribution in [2.75, 3.05) is 31.5 Å². The van der Waals surface area contributed by atoms with Gasteiger partial charge in [0.1, 0.15) is 13.1 Å². The monoisotopic (exact) mass is 548 g/mol. The van der Waals surface area contributed by atoms with Gasteiger partial charge in [0.15, 0.2) is 12.1 Å². The maximum Gasteiger partial charge on any atom is 0.333 e. The largest absolute Gasteiger partial charge is 1.00 e. The van der Waals surface area contributed by atoms with Gasteiger partial charge < -0.3 is 31.5 Å². The van der Waals surface area contributed by atoms with Crippen molar-refractivity contribution in [3.8, 4) is 0 Å². The van der Waals surface area contributed by atoms with Gasteiger partial charge in [0.25, 0.3) is 0 Å². The minimum absolute atomic E-state index is 0. The molecule has 2 atom stereocenters. The number of esters is 1. The lowest BCUT2D eigenvalue weighted by Gasteiger charge is -2.51. The number of carbonyl (C=O) groups excluding carboxylic acids is 2. The van der Waals surface area contributed by atoms with E-state index >= 15 is 0 Å². The zero-order valence-electron chi connectivity index (χ0n) is 20.6. The number of piperidine rings is 3. The van der Waals surface area contributed by atoms with Crippen molar-refractivity contribution in [1.29, 1.82) is 0 Å². The van der Waals surface area contributed by atoms with Crippen LogP contribution in [0.5, 0.6) is 0 Å². The van der Waals surface area contributed by atoms with E-state index in [1.54, 1.807) is 0 Å².